The molecule has 2 nitrogen and oxygen atoms in total. The summed E-state index contributed by atoms with van der Waals surface area (Å²) in [5, 5.41) is 6.02. The normalized spacial score (nSPS) is 15.6. The molecule has 0 saturated heterocycles. The molecule has 1 aliphatic rings. The van der Waals surface area contributed by atoms with Crippen molar-refractivity contribution in [1.29, 1.82) is 0 Å². The van der Waals surface area contributed by atoms with Gasteiger partial charge in [-0.15, -0.1) is 0 Å². The van der Waals surface area contributed by atoms with Gasteiger partial charge < -0.3 is 9.88 Å². The number of para-hydroxylation sites is 1. The zero-order chi connectivity index (χ0) is 17.9. The lowest BCUT2D eigenvalue weighted by atomic mass is 9.95. The van der Waals surface area contributed by atoms with Crippen LogP contribution in [0.1, 0.15) is 48.9 Å². The van der Waals surface area contributed by atoms with Gasteiger partial charge in [-0.05, 0) is 43.0 Å². The Morgan fingerprint density at radius 2 is 1.73 bits per heavy atom. The standard InChI is InChI=1S/C23H27ClN2/c1-17-21(15-25-19-10-3-2-4-11-19)20-12-6-8-14-23(20)26(17)16-18-9-5-7-13-22(18)24/h5-9,12-14,19,25H,2-4,10-11,15-16H2,1H3. The molecular formula is C23H27ClN2. The van der Waals surface area contributed by atoms with E-state index in [4.69, 9.17) is 11.6 Å². The molecule has 3 heteroatoms. The van der Waals surface area contributed by atoms with Crippen LogP contribution in [-0.2, 0) is 13.1 Å². The van der Waals surface area contributed by atoms with E-state index in [2.05, 4.69) is 53.2 Å². The van der Waals surface area contributed by atoms with E-state index in [0.717, 1.165) is 18.1 Å². The summed E-state index contributed by atoms with van der Waals surface area (Å²) in [6.07, 6.45) is 6.76. The van der Waals surface area contributed by atoms with Gasteiger partial charge in [0, 0.05) is 40.8 Å². The van der Waals surface area contributed by atoms with Crippen LogP contribution in [0.4, 0.5) is 0 Å². The number of hydrogen-bond acceptors (Lipinski definition) is 1. The van der Waals surface area contributed by atoms with E-state index < -0.39 is 0 Å². The smallest absolute Gasteiger partial charge is 0.0493 e. The summed E-state index contributed by atoms with van der Waals surface area (Å²) < 4.78 is 2.41. The van der Waals surface area contributed by atoms with Crippen LogP contribution in [0.5, 0.6) is 0 Å². The van der Waals surface area contributed by atoms with E-state index >= 15 is 0 Å². The summed E-state index contributed by atoms with van der Waals surface area (Å²) in [5.41, 5.74) is 5.24. The first-order chi connectivity index (χ1) is 12.7. The van der Waals surface area contributed by atoms with Crippen LogP contribution in [-0.4, -0.2) is 10.6 Å². The maximum Gasteiger partial charge on any atom is 0.0493 e. The third-order valence-electron chi connectivity index (χ3n) is 5.82. The predicted molar refractivity (Wildman–Crippen MR) is 111 cm³/mol. The lowest BCUT2D eigenvalue weighted by Gasteiger charge is -2.23. The maximum atomic E-state index is 6.42. The fourth-order valence-electron chi connectivity index (χ4n) is 4.28. The topological polar surface area (TPSA) is 17.0 Å². The highest BCUT2D eigenvalue weighted by Gasteiger charge is 2.17. The van der Waals surface area contributed by atoms with Gasteiger partial charge in [0.05, 0.1) is 0 Å². The first kappa shape index (κ1) is 17.6. The van der Waals surface area contributed by atoms with Crippen molar-refractivity contribution < 1.29 is 0 Å². The monoisotopic (exact) mass is 366 g/mol. The third kappa shape index (κ3) is 3.54. The maximum absolute atomic E-state index is 6.42. The van der Waals surface area contributed by atoms with Crippen molar-refractivity contribution in [2.75, 3.05) is 0 Å². The molecule has 0 amide bonds. The first-order valence-electron chi connectivity index (χ1n) is 9.77. The molecule has 0 spiro atoms. The molecule has 26 heavy (non-hydrogen) atoms. The van der Waals surface area contributed by atoms with Gasteiger partial charge >= 0.3 is 0 Å². The van der Waals surface area contributed by atoms with Crippen LogP contribution in [0.3, 0.4) is 0 Å². The highest BCUT2D eigenvalue weighted by Crippen LogP contribution is 2.29. The molecule has 3 aromatic rings. The van der Waals surface area contributed by atoms with Gasteiger partial charge in [-0.3, -0.25) is 0 Å². The van der Waals surface area contributed by atoms with Crippen LogP contribution in [0.15, 0.2) is 48.5 Å². The molecule has 136 valence electrons. The van der Waals surface area contributed by atoms with E-state index in [1.807, 2.05) is 12.1 Å². The Labute approximate surface area is 161 Å². The largest absolute Gasteiger partial charge is 0.340 e. The number of hydrogen-bond donors (Lipinski definition) is 1. The Morgan fingerprint density at radius 1 is 1.00 bits per heavy atom. The van der Waals surface area contributed by atoms with Crippen molar-refractivity contribution >= 4 is 22.5 Å². The molecule has 0 bridgehead atoms. The van der Waals surface area contributed by atoms with Gasteiger partial charge in [0.1, 0.15) is 0 Å². The van der Waals surface area contributed by atoms with E-state index in [1.165, 1.54) is 59.8 Å². The van der Waals surface area contributed by atoms with E-state index in [0.29, 0.717) is 6.04 Å². The van der Waals surface area contributed by atoms with E-state index in [1.54, 1.807) is 0 Å². The zero-order valence-electron chi connectivity index (χ0n) is 15.5. The van der Waals surface area contributed by atoms with Gasteiger partial charge in [-0.2, -0.15) is 0 Å². The third-order valence-corrected chi connectivity index (χ3v) is 6.19. The molecule has 0 radical (unpaired) electrons. The van der Waals surface area contributed by atoms with Crippen molar-refractivity contribution in [2.45, 2.75) is 58.2 Å². The highest BCUT2D eigenvalue weighted by atomic mass is 35.5. The summed E-state index contributed by atoms with van der Waals surface area (Å²) >= 11 is 6.42. The average Bonchev–Trinajstić information content (AvgIpc) is 2.94. The lowest BCUT2D eigenvalue weighted by molar-refractivity contribution is 0.372. The first-order valence-corrected chi connectivity index (χ1v) is 10.2. The molecular weight excluding hydrogens is 340 g/mol. The van der Waals surface area contributed by atoms with Gasteiger partial charge in [0.15, 0.2) is 0 Å². The summed E-state index contributed by atoms with van der Waals surface area (Å²) in [6.45, 7) is 4.01. The minimum atomic E-state index is 0.675. The van der Waals surface area contributed by atoms with Crippen molar-refractivity contribution in [3.63, 3.8) is 0 Å². The fraction of sp³-hybridized carbons (Fsp3) is 0.391. The Morgan fingerprint density at radius 3 is 2.54 bits per heavy atom. The van der Waals surface area contributed by atoms with Crippen molar-refractivity contribution in [3.05, 3.63) is 70.4 Å². The summed E-state index contributed by atoms with van der Waals surface area (Å²) in [6, 6.07) is 17.6. The number of nitrogens with one attached hydrogen (secondary N) is 1. The molecule has 0 aliphatic heterocycles. The van der Waals surface area contributed by atoms with Crippen molar-refractivity contribution in [1.82, 2.24) is 9.88 Å². The minimum absolute atomic E-state index is 0.675. The number of fused-ring (bicyclic) bond motifs is 1. The summed E-state index contributed by atoms with van der Waals surface area (Å²) in [7, 11) is 0. The van der Waals surface area contributed by atoms with Crippen LogP contribution < -0.4 is 5.32 Å². The number of halogens is 1. The summed E-state index contributed by atoms with van der Waals surface area (Å²) in [4.78, 5) is 0. The number of benzene rings is 2. The van der Waals surface area contributed by atoms with Gasteiger partial charge in [-0.25, -0.2) is 0 Å². The van der Waals surface area contributed by atoms with Crippen molar-refractivity contribution in [3.8, 4) is 0 Å². The minimum Gasteiger partial charge on any atom is -0.340 e. The van der Waals surface area contributed by atoms with Gasteiger partial charge in [-0.1, -0.05) is 67.3 Å². The lowest BCUT2D eigenvalue weighted by Crippen LogP contribution is -2.30. The highest BCUT2D eigenvalue weighted by molar-refractivity contribution is 6.31. The van der Waals surface area contributed by atoms with Crippen molar-refractivity contribution in [2.24, 2.45) is 0 Å². The van der Waals surface area contributed by atoms with Crippen LogP contribution in [0.2, 0.25) is 5.02 Å². The molecule has 2 aromatic carbocycles. The van der Waals surface area contributed by atoms with Crippen LogP contribution in [0, 0.1) is 6.92 Å². The fourth-order valence-corrected chi connectivity index (χ4v) is 4.48. The quantitative estimate of drug-likeness (QED) is 0.579. The Hall–Kier alpha value is -1.77. The molecule has 0 atom stereocenters. The van der Waals surface area contributed by atoms with Crippen LogP contribution >= 0.6 is 11.6 Å². The molecule has 1 saturated carbocycles. The molecule has 4 rings (SSSR count). The molecule has 1 aliphatic carbocycles. The van der Waals surface area contributed by atoms with E-state index in [9.17, 15) is 0 Å². The number of rotatable bonds is 5. The SMILES string of the molecule is Cc1c(CNC2CCCCC2)c2ccccc2n1Cc1ccccc1Cl. The summed E-state index contributed by atoms with van der Waals surface area (Å²) in [5.74, 6) is 0. The number of aromatic nitrogens is 1. The van der Waals surface area contributed by atoms with Gasteiger partial charge in [0.25, 0.3) is 0 Å². The average molecular weight is 367 g/mol. The molecule has 1 heterocycles. The Balaban J connectivity index is 1.65. The Kier molecular flexibility index (Phi) is 5.33. The molecule has 1 N–H and O–H groups in total. The zero-order valence-corrected chi connectivity index (χ0v) is 16.2. The second-order valence-corrected chi connectivity index (χ2v) is 7.88. The number of nitrogens with zero attached hydrogens (tertiary/aromatic N) is 1. The second kappa shape index (κ2) is 7.85. The van der Waals surface area contributed by atoms with E-state index in [-0.39, 0.29) is 0 Å². The molecule has 1 fully saturated rings. The second-order valence-electron chi connectivity index (χ2n) is 7.47. The van der Waals surface area contributed by atoms with Crippen LogP contribution in [0.25, 0.3) is 10.9 Å². The predicted octanol–water partition coefficient (Wildman–Crippen LogP) is 6.07. The molecule has 0 unspecified atom stereocenters. The van der Waals surface area contributed by atoms with Gasteiger partial charge in [0.2, 0.25) is 0 Å². The Bertz CT molecular complexity index is 890. The molecule has 1 aromatic heterocycles.